The summed E-state index contributed by atoms with van der Waals surface area (Å²) in [6.07, 6.45) is 3.00. The predicted molar refractivity (Wildman–Crippen MR) is 116 cm³/mol. The third-order valence-electron chi connectivity index (χ3n) is 3.73. The normalized spacial score (nSPS) is 12.1. The molecule has 2 rings (SSSR count). The van der Waals surface area contributed by atoms with E-state index in [0.29, 0.717) is 17.9 Å². The maximum absolute atomic E-state index is 12.3. The van der Waals surface area contributed by atoms with E-state index in [1.165, 1.54) is 18.5 Å². The number of anilines is 2. The van der Waals surface area contributed by atoms with Crippen LogP contribution in [0.3, 0.4) is 0 Å². The van der Waals surface area contributed by atoms with Gasteiger partial charge < -0.3 is 15.0 Å². The Labute approximate surface area is 171 Å². The molecule has 0 aliphatic rings. The van der Waals surface area contributed by atoms with Crippen molar-refractivity contribution in [3.63, 3.8) is 0 Å². The van der Waals surface area contributed by atoms with Crippen LogP contribution >= 0.6 is 0 Å². The fraction of sp³-hybridized carbons (Fsp3) is 0.238. The second-order valence-electron chi connectivity index (χ2n) is 6.48. The van der Waals surface area contributed by atoms with Crippen LogP contribution in [-0.4, -0.2) is 46.3 Å². The Bertz CT molecular complexity index is 1010. The summed E-state index contributed by atoms with van der Waals surface area (Å²) in [4.78, 5) is 13.3. The number of rotatable bonds is 8. The van der Waals surface area contributed by atoms with E-state index in [0.717, 1.165) is 11.3 Å². The zero-order valence-corrected chi connectivity index (χ0v) is 17.7. The smallest absolute Gasteiger partial charge is 0.333 e. The van der Waals surface area contributed by atoms with E-state index < -0.39 is 10.0 Å². The van der Waals surface area contributed by atoms with Crippen LogP contribution in [0, 0.1) is 0 Å². The molecule has 0 saturated carbocycles. The van der Waals surface area contributed by atoms with Crippen molar-refractivity contribution in [2.75, 3.05) is 26.0 Å². The Morgan fingerprint density at radius 1 is 1.14 bits per heavy atom. The number of carbonyl (C=O) groups is 1. The van der Waals surface area contributed by atoms with Gasteiger partial charge in [0.2, 0.25) is 0 Å². The van der Waals surface area contributed by atoms with Crippen LogP contribution in [0.1, 0.15) is 19.4 Å². The highest BCUT2D eigenvalue weighted by Gasteiger charge is 2.12. The SMILES string of the molecule is CCOC(=O)C(C)=Cc1ccc(Nc2cccc(S(=O)(=O)N=CN(C)C)c2)cc1. The Morgan fingerprint density at radius 2 is 1.83 bits per heavy atom. The van der Waals surface area contributed by atoms with E-state index >= 15 is 0 Å². The van der Waals surface area contributed by atoms with Gasteiger partial charge in [-0.3, -0.25) is 0 Å². The van der Waals surface area contributed by atoms with Crippen LogP contribution in [0.4, 0.5) is 11.4 Å². The molecule has 7 nitrogen and oxygen atoms in total. The first-order chi connectivity index (χ1) is 13.7. The molecule has 2 aromatic rings. The number of benzene rings is 2. The monoisotopic (exact) mass is 415 g/mol. The van der Waals surface area contributed by atoms with E-state index in [4.69, 9.17) is 4.74 Å². The van der Waals surface area contributed by atoms with E-state index in [1.807, 2.05) is 24.3 Å². The molecule has 0 atom stereocenters. The average molecular weight is 416 g/mol. The van der Waals surface area contributed by atoms with Gasteiger partial charge in [0.1, 0.15) is 6.34 Å². The topological polar surface area (TPSA) is 88.1 Å². The van der Waals surface area contributed by atoms with Crippen molar-refractivity contribution >= 4 is 39.8 Å². The number of nitrogens with one attached hydrogen (secondary N) is 1. The Balaban J connectivity index is 2.15. The third-order valence-corrected chi connectivity index (χ3v) is 4.95. The van der Waals surface area contributed by atoms with Gasteiger partial charge in [-0.25, -0.2) is 4.79 Å². The predicted octanol–water partition coefficient (Wildman–Crippen LogP) is 3.68. The number of sulfonamides is 1. The van der Waals surface area contributed by atoms with Gasteiger partial charge in [-0.05, 0) is 55.8 Å². The second kappa shape index (κ2) is 9.88. The average Bonchev–Trinajstić information content (AvgIpc) is 2.68. The van der Waals surface area contributed by atoms with Gasteiger partial charge in [0.15, 0.2) is 0 Å². The molecular weight excluding hydrogens is 390 g/mol. The van der Waals surface area contributed by atoms with Gasteiger partial charge in [-0.15, -0.1) is 4.40 Å². The van der Waals surface area contributed by atoms with Crippen LogP contribution in [0.25, 0.3) is 6.08 Å². The zero-order chi connectivity index (χ0) is 21.4. The van der Waals surface area contributed by atoms with Crippen molar-refractivity contribution in [1.29, 1.82) is 0 Å². The highest BCUT2D eigenvalue weighted by molar-refractivity contribution is 7.90. The fourth-order valence-electron chi connectivity index (χ4n) is 2.33. The second-order valence-corrected chi connectivity index (χ2v) is 8.11. The van der Waals surface area contributed by atoms with E-state index in [2.05, 4.69) is 9.71 Å². The fourth-order valence-corrected chi connectivity index (χ4v) is 3.30. The molecule has 0 aliphatic heterocycles. The lowest BCUT2D eigenvalue weighted by atomic mass is 10.1. The van der Waals surface area contributed by atoms with E-state index in [9.17, 15) is 13.2 Å². The number of esters is 1. The molecule has 0 unspecified atom stereocenters. The molecule has 0 aliphatic carbocycles. The van der Waals surface area contributed by atoms with Gasteiger partial charge in [-0.2, -0.15) is 8.42 Å². The van der Waals surface area contributed by atoms with Crippen molar-refractivity contribution in [2.24, 2.45) is 4.40 Å². The summed E-state index contributed by atoms with van der Waals surface area (Å²) < 4.78 is 33.2. The van der Waals surface area contributed by atoms with Crippen molar-refractivity contribution in [2.45, 2.75) is 18.7 Å². The summed E-state index contributed by atoms with van der Waals surface area (Å²) in [5.74, 6) is -0.343. The van der Waals surface area contributed by atoms with Gasteiger partial charge in [0.25, 0.3) is 10.0 Å². The molecule has 0 spiro atoms. The molecule has 1 N–H and O–H groups in total. The van der Waals surface area contributed by atoms with Crippen LogP contribution in [0.2, 0.25) is 0 Å². The van der Waals surface area contributed by atoms with Crippen LogP contribution in [0.15, 0.2) is 63.4 Å². The molecule has 2 aromatic carbocycles. The Kier molecular flexibility index (Phi) is 7.55. The maximum Gasteiger partial charge on any atom is 0.333 e. The van der Waals surface area contributed by atoms with Gasteiger partial charge in [-0.1, -0.05) is 18.2 Å². The first-order valence-electron chi connectivity index (χ1n) is 9.00. The first-order valence-corrected chi connectivity index (χ1v) is 10.4. The standard InChI is InChI=1S/C21H25N3O4S/c1-5-28-21(25)16(2)13-17-9-11-18(12-10-17)23-19-7-6-8-20(14-19)29(26,27)22-15-24(3)4/h6-15,23H,5H2,1-4H3. The highest BCUT2D eigenvalue weighted by Crippen LogP contribution is 2.22. The minimum Gasteiger partial charge on any atom is -0.463 e. The van der Waals surface area contributed by atoms with Gasteiger partial charge in [0, 0.05) is 31.0 Å². The van der Waals surface area contributed by atoms with Crippen LogP contribution in [0.5, 0.6) is 0 Å². The highest BCUT2D eigenvalue weighted by atomic mass is 32.2. The number of hydrogen-bond donors (Lipinski definition) is 1. The van der Waals surface area contributed by atoms with E-state index in [1.54, 1.807) is 51.1 Å². The molecule has 0 heterocycles. The minimum atomic E-state index is -3.77. The molecule has 8 heteroatoms. The quantitative estimate of drug-likeness (QED) is 0.306. The summed E-state index contributed by atoms with van der Waals surface area (Å²) >= 11 is 0. The molecular formula is C21H25N3O4S. The summed E-state index contributed by atoms with van der Waals surface area (Å²) in [6, 6.07) is 13.8. The summed E-state index contributed by atoms with van der Waals surface area (Å²) in [5, 5.41) is 3.17. The van der Waals surface area contributed by atoms with Crippen LogP contribution in [-0.2, 0) is 19.6 Å². The third kappa shape index (κ3) is 6.76. The summed E-state index contributed by atoms with van der Waals surface area (Å²) in [5.41, 5.74) is 2.78. The van der Waals surface area contributed by atoms with Crippen molar-refractivity contribution < 1.29 is 17.9 Å². The van der Waals surface area contributed by atoms with Gasteiger partial charge >= 0.3 is 5.97 Å². The number of hydrogen-bond acceptors (Lipinski definition) is 5. The molecule has 0 aromatic heterocycles. The molecule has 0 bridgehead atoms. The van der Waals surface area contributed by atoms with E-state index in [-0.39, 0.29) is 10.9 Å². The lowest BCUT2D eigenvalue weighted by Gasteiger charge is -2.09. The van der Waals surface area contributed by atoms with Crippen molar-refractivity contribution in [3.05, 3.63) is 59.7 Å². The maximum atomic E-state index is 12.3. The molecule has 154 valence electrons. The van der Waals surface area contributed by atoms with Crippen LogP contribution < -0.4 is 5.32 Å². The minimum absolute atomic E-state index is 0.102. The number of nitrogens with zero attached hydrogens (tertiary/aromatic N) is 2. The molecule has 0 saturated heterocycles. The zero-order valence-electron chi connectivity index (χ0n) is 16.9. The molecule has 0 fully saturated rings. The Morgan fingerprint density at radius 3 is 2.45 bits per heavy atom. The molecule has 0 radical (unpaired) electrons. The number of ether oxygens (including phenoxy) is 1. The lowest BCUT2D eigenvalue weighted by Crippen LogP contribution is -2.10. The number of carbonyl (C=O) groups excluding carboxylic acids is 1. The van der Waals surface area contributed by atoms with Crippen molar-refractivity contribution in [1.82, 2.24) is 4.90 Å². The molecule has 29 heavy (non-hydrogen) atoms. The lowest BCUT2D eigenvalue weighted by molar-refractivity contribution is -0.138. The summed E-state index contributed by atoms with van der Waals surface area (Å²) in [7, 11) is -0.370. The molecule has 0 amide bonds. The largest absolute Gasteiger partial charge is 0.463 e. The Hall–Kier alpha value is -3.13. The van der Waals surface area contributed by atoms with Gasteiger partial charge in [0.05, 0.1) is 11.5 Å². The van der Waals surface area contributed by atoms with Crippen molar-refractivity contribution in [3.8, 4) is 0 Å². The summed E-state index contributed by atoms with van der Waals surface area (Å²) in [6.45, 7) is 3.80. The first kappa shape index (κ1) is 22.2.